The Balaban J connectivity index is 1.62. The Bertz CT molecular complexity index is 649. The molecule has 7 nitrogen and oxygen atoms in total. The molecule has 1 aromatic rings. The lowest BCUT2D eigenvalue weighted by Gasteiger charge is -2.46. The van der Waals surface area contributed by atoms with Crippen molar-refractivity contribution < 1.29 is 10.0 Å². The fourth-order valence-electron chi connectivity index (χ4n) is 4.49. The van der Waals surface area contributed by atoms with Gasteiger partial charge in [0.2, 0.25) is 0 Å². The van der Waals surface area contributed by atoms with Crippen LogP contribution in [0.25, 0.3) is 0 Å². The third-order valence-corrected chi connectivity index (χ3v) is 6.56. The van der Waals surface area contributed by atoms with Crippen molar-refractivity contribution in [2.45, 2.75) is 44.9 Å². The van der Waals surface area contributed by atoms with Gasteiger partial charge in [-0.1, -0.05) is 0 Å². The van der Waals surface area contributed by atoms with Gasteiger partial charge < -0.3 is 20.2 Å². The largest absolute Gasteiger partial charge is 0.396 e. The Morgan fingerprint density at radius 3 is 2.43 bits per heavy atom. The maximum Gasteiger partial charge on any atom is 0.292 e. The number of anilines is 2. The Hall–Kier alpha value is -1.86. The number of nitro groups is 1. The van der Waals surface area contributed by atoms with E-state index in [0.717, 1.165) is 38.0 Å². The molecule has 0 unspecified atom stereocenters. The third-order valence-electron chi connectivity index (χ3n) is 6.56. The van der Waals surface area contributed by atoms with Crippen molar-refractivity contribution in [2.24, 2.45) is 5.41 Å². The molecule has 0 bridgehead atoms. The second-order valence-corrected chi connectivity index (χ2v) is 8.46. The summed E-state index contributed by atoms with van der Waals surface area (Å²) in [7, 11) is 2.21. The van der Waals surface area contributed by atoms with Crippen molar-refractivity contribution in [3.8, 4) is 0 Å². The molecule has 0 amide bonds. The first-order valence-corrected chi connectivity index (χ1v) is 10.6. The van der Waals surface area contributed by atoms with E-state index >= 15 is 0 Å². The molecule has 1 spiro atoms. The molecule has 0 radical (unpaired) electrons. The van der Waals surface area contributed by atoms with Gasteiger partial charge in [-0.3, -0.25) is 10.1 Å². The first-order valence-electron chi connectivity index (χ1n) is 10.6. The molecule has 3 rings (SSSR count). The molecular weight excluding hydrogens is 356 g/mol. The predicted molar refractivity (Wildman–Crippen MR) is 113 cm³/mol. The van der Waals surface area contributed by atoms with Gasteiger partial charge in [-0.05, 0) is 82.6 Å². The smallest absolute Gasteiger partial charge is 0.292 e. The summed E-state index contributed by atoms with van der Waals surface area (Å²) >= 11 is 0. The number of aliphatic hydroxyl groups excluding tert-OH is 1. The molecule has 0 aromatic heterocycles. The zero-order valence-electron chi connectivity index (χ0n) is 17.0. The van der Waals surface area contributed by atoms with Crippen LogP contribution in [-0.4, -0.2) is 61.3 Å². The fraction of sp³-hybridized carbons (Fsp3) is 0.714. The van der Waals surface area contributed by atoms with Gasteiger partial charge in [-0.15, -0.1) is 0 Å². The number of hydrogen-bond acceptors (Lipinski definition) is 6. The lowest BCUT2D eigenvalue weighted by molar-refractivity contribution is -0.383. The van der Waals surface area contributed by atoms with Crippen LogP contribution in [0, 0.1) is 15.5 Å². The Labute approximate surface area is 167 Å². The van der Waals surface area contributed by atoms with Gasteiger partial charge in [0.15, 0.2) is 0 Å². The minimum atomic E-state index is -0.316. The second-order valence-electron chi connectivity index (χ2n) is 8.46. The first-order chi connectivity index (χ1) is 13.5. The lowest BCUT2D eigenvalue weighted by Crippen LogP contribution is -2.46. The normalized spacial score (nSPS) is 19.7. The van der Waals surface area contributed by atoms with Gasteiger partial charge in [0, 0.05) is 38.0 Å². The van der Waals surface area contributed by atoms with Gasteiger partial charge in [0.05, 0.1) is 4.92 Å². The Morgan fingerprint density at radius 2 is 1.79 bits per heavy atom. The van der Waals surface area contributed by atoms with Crippen molar-refractivity contribution in [2.75, 3.05) is 56.6 Å². The number of hydrogen-bond donors (Lipinski definition) is 2. The van der Waals surface area contributed by atoms with Crippen LogP contribution in [0.2, 0.25) is 0 Å². The maximum atomic E-state index is 11.4. The van der Waals surface area contributed by atoms with Crippen LogP contribution >= 0.6 is 0 Å². The van der Waals surface area contributed by atoms with E-state index in [1.165, 1.54) is 38.8 Å². The van der Waals surface area contributed by atoms with E-state index in [4.69, 9.17) is 5.11 Å². The summed E-state index contributed by atoms with van der Waals surface area (Å²) in [5, 5.41) is 23.5. The number of piperidine rings is 2. The summed E-state index contributed by atoms with van der Waals surface area (Å²) in [6.07, 6.45) is 7.58. The Morgan fingerprint density at radius 1 is 1.11 bits per heavy atom. The molecule has 2 fully saturated rings. The van der Waals surface area contributed by atoms with Crippen LogP contribution in [0.5, 0.6) is 0 Å². The summed E-state index contributed by atoms with van der Waals surface area (Å²) in [6, 6.07) is 5.46. The molecule has 2 heterocycles. The quantitative estimate of drug-likeness (QED) is 0.402. The average molecular weight is 391 g/mol. The van der Waals surface area contributed by atoms with E-state index in [9.17, 15) is 10.1 Å². The van der Waals surface area contributed by atoms with Crippen LogP contribution in [0.3, 0.4) is 0 Å². The van der Waals surface area contributed by atoms with Crippen LogP contribution in [-0.2, 0) is 0 Å². The third kappa shape index (κ3) is 5.14. The van der Waals surface area contributed by atoms with E-state index in [0.29, 0.717) is 17.6 Å². The maximum absolute atomic E-state index is 11.4. The van der Waals surface area contributed by atoms with Crippen LogP contribution in [0.4, 0.5) is 17.1 Å². The minimum Gasteiger partial charge on any atom is -0.396 e. The number of nitrogens with zero attached hydrogens (tertiary/aromatic N) is 3. The minimum absolute atomic E-state index is 0.134. The van der Waals surface area contributed by atoms with Crippen molar-refractivity contribution in [1.82, 2.24) is 4.90 Å². The van der Waals surface area contributed by atoms with Gasteiger partial charge in [-0.25, -0.2) is 0 Å². The molecule has 2 saturated heterocycles. The highest BCUT2D eigenvalue weighted by molar-refractivity contribution is 5.69. The SMILES string of the molecule is CN1CCC2(CC1)CCN(c1ccc([N+](=O)[O-])c(NCCCCCO)c1)CC2. The van der Waals surface area contributed by atoms with E-state index in [1.54, 1.807) is 6.07 Å². The molecule has 2 N–H and O–H groups in total. The topological polar surface area (TPSA) is 81.9 Å². The van der Waals surface area contributed by atoms with Crippen molar-refractivity contribution in [3.05, 3.63) is 28.3 Å². The molecule has 0 saturated carbocycles. The van der Waals surface area contributed by atoms with Crippen LogP contribution < -0.4 is 10.2 Å². The first kappa shape index (κ1) is 20.9. The second kappa shape index (κ2) is 9.56. The lowest BCUT2D eigenvalue weighted by atomic mass is 9.71. The number of benzene rings is 1. The molecule has 0 aliphatic carbocycles. The molecule has 0 atom stereocenters. The number of rotatable bonds is 8. The standard InChI is InChI=1S/C21H34N4O3/c1-23-12-7-21(8-13-23)9-14-24(15-10-21)18-5-6-20(25(27)28)19(17-18)22-11-3-2-4-16-26/h5-6,17,22,26H,2-4,7-16H2,1H3. The average Bonchev–Trinajstić information content (AvgIpc) is 2.70. The monoisotopic (exact) mass is 390 g/mol. The molecule has 156 valence electrons. The highest BCUT2D eigenvalue weighted by Gasteiger charge is 2.37. The van der Waals surface area contributed by atoms with Crippen LogP contribution in [0.15, 0.2) is 18.2 Å². The highest BCUT2D eigenvalue weighted by Crippen LogP contribution is 2.42. The summed E-state index contributed by atoms with van der Waals surface area (Å²) in [6.45, 7) is 5.32. The van der Waals surface area contributed by atoms with E-state index < -0.39 is 0 Å². The zero-order valence-corrected chi connectivity index (χ0v) is 17.0. The van der Waals surface area contributed by atoms with Gasteiger partial charge in [0.25, 0.3) is 5.69 Å². The summed E-state index contributed by atoms with van der Waals surface area (Å²) in [4.78, 5) is 15.9. The van der Waals surface area contributed by atoms with Crippen LogP contribution in [0.1, 0.15) is 44.9 Å². The number of aliphatic hydroxyl groups is 1. The number of unbranched alkanes of at least 4 members (excludes halogenated alkanes) is 2. The van der Waals surface area contributed by atoms with Crippen molar-refractivity contribution in [3.63, 3.8) is 0 Å². The molecule has 28 heavy (non-hydrogen) atoms. The van der Waals surface area contributed by atoms with Crippen molar-refractivity contribution in [1.29, 1.82) is 0 Å². The summed E-state index contributed by atoms with van der Waals surface area (Å²) in [5.74, 6) is 0. The predicted octanol–water partition coefficient (Wildman–Crippen LogP) is 3.48. The zero-order chi connectivity index (χ0) is 20.0. The van der Waals surface area contributed by atoms with Crippen molar-refractivity contribution >= 4 is 17.1 Å². The van der Waals surface area contributed by atoms with E-state index in [1.807, 2.05) is 12.1 Å². The molecule has 7 heteroatoms. The van der Waals surface area contributed by atoms with E-state index in [2.05, 4.69) is 22.2 Å². The molecule has 1 aromatic carbocycles. The van der Waals surface area contributed by atoms with Gasteiger partial charge in [-0.2, -0.15) is 0 Å². The molecule has 2 aliphatic heterocycles. The summed E-state index contributed by atoms with van der Waals surface area (Å²) in [5.41, 5.74) is 2.31. The molecule has 2 aliphatic rings. The number of nitro benzene ring substituents is 1. The number of nitrogens with one attached hydrogen (secondary N) is 1. The highest BCUT2D eigenvalue weighted by atomic mass is 16.6. The van der Waals surface area contributed by atoms with Gasteiger partial charge >= 0.3 is 0 Å². The Kier molecular flexibility index (Phi) is 7.13. The van der Waals surface area contributed by atoms with E-state index in [-0.39, 0.29) is 17.2 Å². The van der Waals surface area contributed by atoms with Gasteiger partial charge in [0.1, 0.15) is 5.69 Å². The summed E-state index contributed by atoms with van der Waals surface area (Å²) < 4.78 is 0. The molecular formula is C21H34N4O3. The fourth-order valence-corrected chi connectivity index (χ4v) is 4.49. The number of likely N-dealkylation sites (tertiary alicyclic amines) is 1.